The third-order valence-electron chi connectivity index (χ3n) is 3.98. The van der Waals surface area contributed by atoms with E-state index >= 15 is 0 Å². The van der Waals surface area contributed by atoms with Crippen LogP contribution >= 0.6 is 11.3 Å². The molecule has 23 heavy (non-hydrogen) atoms. The van der Waals surface area contributed by atoms with E-state index in [1.165, 1.54) is 21.8 Å². The Morgan fingerprint density at radius 3 is 2.61 bits per heavy atom. The summed E-state index contributed by atoms with van der Waals surface area (Å²) in [5.74, 6) is 0.181. The minimum atomic E-state index is -0.0888. The summed E-state index contributed by atoms with van der Waals surface area (Å²) in [5.41, 5.74) is 1.85. The van der Waals surface area contributed by atoms with Gasteiger partial charge >= 0.3 is 0 Å². The first-order valence-corrected chi connectivity index (χ1v) is 8.34. The van der Waals surface area contributed by atoms with Gasteiger partial charge in [0.25, 0.3) is 5.91 Å². The molecule has 1 aliphatic rings. The number of nitrogens with zero attached hydrogens (tertiary/aromatic N) is 2. The Labute approximate surface area is 139 Å². The number of aryl methyl sites for hydroxylation is 1. The van der Waals surface area contributed by atoms with Gasteiger partial charge in [-0.2, -0.15) is 0 Å². The first kappa shape index (κ1) is 15.7. The molecule has 0 saturated heterocycles. The highest BCUT2D eigenvalue weighted by atomic mass is 32.1. The fraction of sp³-hybridized carbons (Fsp3) is 0.353. The van der Waals surface area contributed by atoms with Gasteiger partial charge in [-0.25, -0.2) is 4.98 Å². The maximum Gasteiger partial charge on any atom is 0.265 e. The van der Waals surface area contributed by atoms with Crippen molar-refractivity contribution in [3.05, 3.63) is 46.5 Å². The first-order valence-electron chi connectivity index (χ1n) is 7.52. The minimum Gasteiger partial charge on any atom is -0.344 e. The van der Waals surface area contributed by atoms with Gasteiger partial charge in [0.2, 0.25) is 5.91 Å². The van der Waals surface area contributed by atoms with Crippen molar-refractivity contribution in [3.8, 4) is 0 Å². The van der Waals surface area contributed by atoms with Crippen molar-refractivity contribution < 1.29 is 9.59 Å². The summed E-state index contributed by atoms with van der Waals surface area (Å²) < 4.78 is 0. The van der Waals surface area contributed by atoms with Crippen LogP contribution in [0.2, 0.25) is 0 Å². The first-order chi connectivity index (χ1) is 11.0. The van der Waals surface area contributed by atoms with Crippen LogP contribution in [0.25, 0.3) is 0 Å². The van der Waals surface area contributed by atoms with Crippen molar-refractivity contribution >= 4 is 28.3 Å². The van der Waals surface area contributed by atoms with Crippen LogP contribution in [0.4, 0.5) is 5.13 Å². The van der Waals surface area contributed by atoms with E-state index in [1.54, 1.807) is 21.0 Å². The average Bonchev–Trinajstić information content (AvgIpc) is 3.26. The molecule has 3 rings (SSSR count). The molecule has 2 atom stereocenters. The second-order valence-electron chi connectivity index (χ2n) is 5.98. The van der Waals surface area contributed by atoms with E-state index in [4.69, 9.17) is 0 Å². The molecular weight excluding hydrogens is 310 g/mol. The Kier molecular flexibility index (Phi) is 4.17. The molecule has 2 amide bonds. The number of rotatable bonds is 4. The molecule has 1 heterocycles. The van der Waals surface area contributed by atoms with Crippen LogP contribution in [0, 0.1) is 12.8 Å². The molecule has 1 saturated carbocycles. The molecule has 120 valence electrons. The van der Waals surface area contributed by atoms with Crippen LogP contribution in [0.15, 0.2) is 30.3 Å². The molecule has 0 radical (unpaired) electrons. The van der Waals surface area contributed by atoms with E-state index in [9.17, 15) is 9.59 Å². The number of hydrogen-bond donors (Lipinski definition) is 1. The number of hydrogen-bond acceptors (Lipinski definition) is 4. The SMILES string of the molecule is Cc1nc(NC(=O)[C@@H]2C[C@H]2c2ccccc2)sc1C(=O)N(C)C. The molecule has 0 bridgehead atoms. The van der Waals surface area contributed by atoms with E-state index in [0.717, 1.165) is 6.42 Å². The van der Waals surface area contributed by atoms with Gasteiger partial charge in [-0.05, 0) is 24.8 Å². The van der Waals surface area contributed by atoms with Crippen molar-refractivity contribution in [1.29, 1.82) is 0 Å². The molecule has 5 nitrogen and oxygen atoms in total. The third-order valence-corrected chi connectivity index (χ3v) is 5.04. The van der Waals surface area contributed by atoms with Gasteiger partial charge in [-0.3, -0.25) is 9.59 Å². The molecule has 0 aliphatic heterocycles. The highest BCUT2D eigenvalue weighted by Gasteiger charge is 2.44. The van der Waals surface area contributed by atoms with E-state index < -0.39 is 0 Å². The summed E-state index contributed by atoms with van der Waals surface area (Å²) in [4.78, 5) is 30.8. The van der Waals surface area contributed by atoms with Crippen molar-refractivity contribution in [2.24, 2.45) is 5.92 Å². The fourth-order valence-corrected chi connectivity index (χ4v) is 3.59. The summed E-state index contributed by atoms with van der Waals surface area (Å²) in [5, 5.41) is 3.35. The van der Waals surface area contributed by atoms with Crippen LogP contribution in [0.1, 0.15) is 33.3 Å². The van der Waals surface area contributed by atoms with Crippen LogP contribution < -0.4 is 5.32 Å². The minimum absolute atomic E-state index is 0.00499. The topological polar surface area (TPSA) is 62.3 Å². The number of thiazole rings is 1. The van der Waals surface area contributed by atoms with Crippen LogP contribution in [0.5, 0.6) is 0 Å². The van der Waals surface area contributed by atoms with Crippen LogP contribution in [-0.2, 0) is 4.79 Å². The average molecular weight is 329 g/mol. The quantitative estimate of drug-likeness (QED) is 0.938. The second-order valence-corrected chi connectivity index (χ2v) is 6.98. The second kappa shape index (κ2) is 6.12. The number of anilines is 1. The Morgan fingerprint density at radius 1 is 1.26 bits per heavy atom. The Hall–Kier alpha value is -2.21. The van der Waals surface area contributed by atoms with Gasteiger partial charge in [0.1, 0.15) is 4.88 Å². The van der Waals surface area contributed by atoms with E-state index in [-0.39, 0.29) is 17.7 Å². The number of aromatic nitrogens is 1. The smallest absolute Gasteiger partial charge is 0.265 e. The predicted octanol–water partition coefficient (Wildman–Crippen LogP) is 2.90. The number of carbonyl (C=O) groups excluding carboxylic acids is 2. The third kappa shape index (κ3) is 3.27. The highest BCUT2D eigenvalue weighted by Crippen LogP contribution is 2.48. The van der Waals surface area contributed by atoms with Gasteiger partial charge in [-0.15, -0.1) is 0 Å². The molecule has 2 aromatic rings. The van der Waals surface area contributed by atoms with Gasteiger partial charge in [-0.1, -0.05) is 41.7 Å². The molecule has 1 fully saturated rings. The van der Waals surface area contributed by atoms with Gasteiger partial charge in [0.05, 0.1) is 5.69 Å². The lowest BCUT2D eigenvalue weighted by molar-refractivity contribution is -0.117. The number of carbonyl (C=O) groups is 2. The highest BCUT2D eigenvalue weighted by molar-refractivity contribution is 7.17. The normalized spacial score (nSPS) is 19.3. The summed E-state index contributed by atoms with van der Waals surface area (Å²) in [7, 11) is 3.41. The number of benzene rings is 1. The molecule has 0 spiro atoms. The molecule has 6 heteroatoms. The Morgan fingerprint density at radius 2 is 1.96 bits per heavy atom. The van der Waals surface area contributed by atoms with Gasteiger partial charge < -0.3 is 10.2 Å². The van der Waals surface area contributed by atoms with E-state index in [2.05, 4.69) is 22.4 Å². The lowest BCUT2D eigenvalue weighted by atomic mass is 10.1. The maximum atomic E-state index is 12.3. The summed E-state index contributed by atoms with van der Waals surface area (Å²) in [6.07, 6.45) is 0.865. The molecule has 1 aromatic heterocycles. The lowest BCUT2D eigenvalue weighted by Crippen LogP contribution is -2.21. The van der Waals surface area contributed by atoms with Crippen molar-refractivity contribution in [3.63, 3.8) is 0 Å². The van der Waals surface area contributed by atoms with E-state index in [0.29, 0.717) is 21.6 Å². The fourth-order valence-electron chi connectivity index (χ4n) is 2.60. The van der Waals surface area contributed by atoms with Gasteiger partial charge in [0.15, 0.2) is 5.13 Å². The lowest BCUT2D eigenvalue weighted by Gasteiger charge is -2.07. The molecule has 1 aromatic carbocycles. The monoisotopic (exact) mass is 329 g/mol. The summed E-state index contributed by atoms with van der Waals surface area (Å²) >= 11 is 1.23. The zero-order valence-electron chi connectivity index (χ0n) is 13.4. The zero-order valence-corrected chi connectivity index (χ0v) is 14.2. The van der Waals surface area contributed by atoms with E-state index in [1.807, 2.05) is 18.2 Å². The summed E-state index contributed by atoms with van der Waals surface area (Å²) in [6, 6.07) is 10.1. The molecular formula is C17H19N3O2S. The standard InChI is InChI=1S/C17H19N3O2S/c1-10-14(16(22)20(2)3)23-17(18-10)19-15(21)13-9-12(13)11-7-5-4-6-8-11/h4-8,12-13H,9H2,1-3H3,(H,18,19,21)/t12-,13+/m0/s1. The summed E-state index contributed by atoms with van der Waals surface area (Å²) in [6.45, 7) is 1.78. The molecule has 1 aliphatic carbocycles. The number of nitrogens with one attached hydrogen (secondary N) is 1. The van der Waals surface area contributed by atoms with Crippen LogP contribution in [0.3, 0.4) is 0 Å². The Balaban J connectivity index is 1.66. The van der Waals surface area contributed by atoms with Crippen molar-refractivity contribution in [2.75, 3.05) is 19.4 Å². The van der Waals surface area contributed by atoms with Gasteiger partial charge in [0, 0.05) is 20.0 Å². The largest absolute Gasteiger partial charge is 0.344 e. The van der Waals surface area contributed by atoms with Crippen molar-refractivity contribution in [1.82, 2.24) is 9.88 Å². The van der Waals surface area contributed by atoms with Crippen LogP contribution in [-0.4, -0.2) is 35.8 Å². The predicted molar refractivity (Wildman–Crippen MR) is 90.8 cm³/mol. The zero-order chi connectivity index (χ0) is 16.6. The van der Waals surface area contributed by atoms with Crippen molar-refractivity contribution in [2.45, 2.75) is 19.3 Å². The molecule has 1 N–H and O–H groups in total. The number of amides is 2. The Bertz CT molecular complexity index is 740. The maximum absolute atomic E-state index is 12.3. The molecule has 0 unspecified atom stereocenters.